The third-order valence-electron chi connectivity index (χ3n) is 3.22. The smallest absolute Gasteiger partial charge is 0.326 e. The fourth-order valence-electron chi connectivity index (χ4n) is 1.84. The van der Waals surface area contributed by atoms with Crippen LogP contribution in [0.2, 0.25) is 0 Å². The van der Waals surface area contributed by atoms with Gasteiger partial charge in [-0.15, -0.1) is 0 Å². The van der Waals surface area contributed by atoms with E-state index in [4.69, 9.17) is 9.84 Å². The molecule has 0 bridgehead atoms. The molecular formula is C14H14FNO4. The van der Waals surface area contributed by atoms with Gasteiger partial charge in [-0.25, -0.2) is 9.18 Å². The fraction of sp³-hybridized carbons (Fsp3) is 0.286. The Morgan fingerprint density at radius 2 is 2.15 bits per heavy atom. The molecule has 0 radical (unpaired) electrons. The van der Waals surface area contributed by atoms with Gasteiger partial charge in [0.05, 0.1) is 5.57 Å². The van der Waals surface area contributed by atoms with Crippen LogP contribution in [0.4, 0.5) is 4.39 Å². The van der Waals surface area contributed by atoms with Crippen LogP contribution in [0.3, 0.4) is 0 Å². The van der Waals surface area contributed by atoms with Gasteiger partial charge >= 0.3 is 5.97 Å². The number of hydrogen-bond donors (Lipinski definition) is 1. The summed E-state index contributed by atoms with van der Waals surface area (Å²) in [5, 5.41) is 8.90. The zero-order valence-electron chi connectivity index (χ0n) is 11.1. The number of carbonyl (C=O) groups is 2. The zero-order valence-corrected chi connectivity index (χ0v) is 11.1. The van der Waals surface area contributed by atoms with Gasteiger partial charge < -0.3 is 14.7 Å². The van der Waals surface area contributed by atoms with E-state index < -0.39 is 23.7 Å². The monoisotopic (exact) mass is 279 g/mol. The van der Waals surface area contributed by atoms with E-state index in [2.05, 4.69) is 0 Å². The quantitative estimate of drug-likeness (QED) is 0.911. The predicted molar refractivity (Wildman–Crippen MR) is 69.7 cm³/mol. The SMILES string of the molecule is CC(C(=O)O)N(C)C(=O)C1=Cc2cc(F)ccc2OC1. The lowest BCUT2D eigenvalue weighted by Crippen LogP contribution is -2.41. The van der Waals surface area contributed by atoms with Crippen LogP contribution in [0.1, 0.15) is 12.5 Å². The first kappa shape index (κ1) is 14.0. The third-order valence-corrected chi connectivity index (χ3v) is 3.22. The first-order valence-electron chi connectivity index (χ1n) is 6.03. The molecule has 1 heterocycles. The van der Waals surface area contributed by atoms with Gasteiger partial charge in [-0.1, -0.05) is 0 Å². The van der Waals surface area contributed by atoms with Crippen molar-refractivity contribution >= 4 is 18.0 Å². The highest BCUT2D eigenvalue weighted by molar-refractivity contribution is 6.00. The highest BCUT2D eigenvalue weighted by Crippen LogP contribution is 2.27. The maximum atomic E-state index is 13.2. The minimum Gasteiger partial charge on any atom is -0.488 e. The van der Waals surface area contributed by atoms with Crippen molar-refractivity contribution in [1.29, 1.82) is 0 Å². The number of halogens is 1. The van der Waals surface area contributed by atoms with Gasteiger partial charge in [-0.3, -0.25) is 4.79 Å². The van der Waals surface area contributed by atoms with Crippen molar-refractivity contribution in [2.24, 2.45) is 0 Å². The van der Waals surface area contributed by atoms with Crippen LogP contribution in [-0.4, -0.2) is 41.6 Å². The lowest BCUT2D eigenvalue weighted by atomic mass is 10.1. The van der Waals surface area contributed by atoms with E-state index in [-0.39, 0.29) is 6.61 Å². The molecule has 106 valence electrons. The molecule has 1 aromatic rings. The van der Waals surface area contributed by atoms with Crippen molar-refractivity contribution in [3.63, 3.8) is 0 Å². The number of carboxylic acids is 1. The van der Waals surface area contributed by atoms with Crippen molar-refractivity contribution in [3.8, 4) is 5.75 Å². The summed E-state index contributed by atoms with van der Waals surface area (Å²) in [5.74, 6) is -1.47. The maximum Gasteiger partial charge on any atom is 0.326 e. The molecule has 0 spiro atoms. The first-order chi connectivity index (χ1) is 9.40. The van der Waals surface area contributed by atoms with Crippen molar-refractivity contribution in [1.82, 2.24) is 4.90 Å². The first-order valence-corrected chi connectivity index (χ1v) is 6.03. The average Bonchev–Trinajstić information content (AvgIpc) is 2.43. The fourth-order valence-corrected chi connectivity index (χ4v) is 1.84. The summed E-state index contributed by atoms with van der Waals surface area (Å²) in [7, 11) is 1.41. The van der Waals surface area contributed by atoms with Crippen LogP contribution in [0, 0.1) is 5.82 Å². The second kappa shape index (κ2) is 5.32. The highest BCUT2D eigenvalue weighted by Gasteiger charge is 2.26. The summed E-state index contributed by atoms with van der Waals surface area (Å²) in [5.41, 5.74) is 0.759. The molecule has 0 saturated heterocycles. The molecular weight excluding hydrogens is 265 g/mol. The molecule has 0 aromatic heterocycles. The Kier molecular flexibility index (Phi) is 3.74. The molecule has 0 saturated carbocycles. The molecule has 2 rings (SSSR count). The van der Waals surface area contributed by atoms with Gasteiger partial charge in [0.25, 0.3) is 5.91 Å². The number of hydrogen-bond acceptors (Lipinski definition) is 3. The number of amides is 1. The normalized spacial score (nSPS) is 14.7. The Hall–Kier alpha value is -2.37. The van der Waals surface area contributed by atoms with Crippen molar-refractivity contribution in [2.45, 2.75) is 13.0 Å². The molecule has 1 atom stereocenters. The number of carbonyl (C=O) groups excluding carboxylic acids is 1. The molecule has 5 nitrogen and oxygen atoms in total. The summed E-state index contributed by atoms with van der Waals surface area (Å²) in [6, 6.07) is 3.09. The molecule has 1 aliphatic heterocycles. The van der Waals surface area contributed by atoms with E-state index in [0.29, 0.717) is 16.9 Å². The molecule has 20 heavy (non-hydrogen) atoms. The van der Waals surface area contributed by atoms with Gasteiger partial charge in [0.1, 0.15) is 24.2 Å². The van der Waals surface area contributed by atoms with Crippen molar-refractivity contribution < 1.29 is 23.8 Å². The predicted octanol–water partition coefficient (Wildman–Crippen LogP) is 1.53. The van der Waals surface area contributed by atoms with Crippen LogP contribution in [0.15, 0.2) is 23.8 Å². The second-order valence-corrected chi connectivity index (χ2v) is 4.57. The number of nitrogens with zero attached hydrogens (tertiary/aromatic N) is 1. The molecule has 6 heteroatoms. The van der Waals surface area contributed by atoms with E-state index in [0.717, 1.165) is 4.90 Å². The average molecular weight is 279 g/mol. The summed E-state index contributed by atoms with van der Waals surface area (Å²) in [4.78, 5) is 24.1. The van der Waals surface area contributed by atoms with Crippen LogP contribution < -0.4 is 4.74 Å². The number of ether oxygens (including phenoxy) is 1. The molecule has 1 amide bonds. The Morgan fingerprint density at radius 1 is 1.45 bits per heavy atom. The number of fused-ring (bicyclic) bond motifs is 1. The Labute approximate surface area is 115 Å². The summed E-state index contributed by atoms with van der Waals surface area (Å²) in [6.07, 6.45) is 1.52. The largest absolute Gasteiger partial charge is 0.488 e. The van der Waals surface area contributed by atoms with Crippen LogP contribution in [0.25, 0.3) is 6.08 Å². The lowest BCUT2D eigenvalue weighted by molar-refractivity contribution is -0.147. The molecule has 0 aliphatic carbocycles. The van der Waals surface area contributed by atoms with Gasteiger partial charge in [-0.05, 0) is 31.2 Å². The molecule has 1 unspecified atom stereocenters. The third kappa shape index (κ3) is 2.64. The Bertz CT molecular complexity index is 597. The van der Waals surface area contributed by atoms with Gasteiger partial charge in [-0.2, -0.15) is 0 Å². The van der Waals surface area contributed by atoms with E-state index in [1.54, 1.807) is 0 Å². The number of carboxylic acid groups (broad SMARTS) is 1. The number of benzene rings is 1. The van der Waals surface area contributed by atoms with E-state index in [9.17, 15) is 14.0 Å². The van der Waals surface area contributed by atoms with Crippen LogP contribution >= 0.6 is 0 Å². The number of likely N-dealkylation sites (N-methyl/N-ethyl adjacent to an activating group) is 1. The summed E-state index contributed by atoms with van der Waals surface area (Å²) >= 11 is 0. The Morgan fingerprint density at radius 3 is 2.80 bits per heavy atom. The minimum absolute atomic E-state index is 0.0359. The van der Waals surface area contributed by atoms with Gasteiger partial charge in [0.15, 0.2) is 0 Å². The molecule has 1 aromatic carbocycles. The second-order valence-electron chi connectivity index (χ2n) is 4.57. The lowest BCUT2D eigenvalue weighted by Gasteiger charge is -2.25. The maximum absolute atomic E-state index is 13.2. The van der Waals surface area contributed by atoms with Crippen molar-refractivity contribution in [2.75, 3.05) is 13.7 Å². The van der Waals surface area contributed by atoms with Gasteiger partial charge in [0, 0.05) is 12.6 Å². The topological polar surface area (TPSA) is 66.8 Å². The molecule has 0 fully saturated rings. The van der Waals surface area contributed by atoms with E-state index in [1.807, 2.05) is 0 Å². The minimum atomic E-state index is -1.09. The molecule has 1 aliphatic rings. The number of aliphatic carboxylic acids is 1. The summed E-state index contributed by atoms with van der Waals surface area (Å²) in [6.45, 7) is 1.45. The van der Waals surface area contributed by atoms with E-state index in [1.165, 1.54) is 38.2 Å². The van der Waals surface area contributed by atoms with Gasteiger partial charge in [0.2, 0.25) is 0 Å². The zero-order chi connectivity index (χ0) is 14.9. The standard InChI is InChI=1S/C14H14FNO4/c1-8(14(18)19)16(2)13(17)10-5-9-6-11(15)3-4-12(9)20-7-10/h3-6,8H,7H2,1-2H3,(H,18,19). The molecule has 1 N–H and O–H groups in total. The Balaban J connectivity index is 2.26. The van der Waals surface area contributed by atoms with Crippen molar-refractivity contribution in [3.05, 3.63) is 35.2 Å². The number of rotatable bonds is 3. The summed E-state index contributed by atoms with van der Waals surface area (Å²) < 4.78 is 18.5. The van der Waals surface area contributed by atoms with E-state index >= 15 is 0 Å². The highest BCUT2D eigenvalue weighted by atomic mass is 19.1. The van der Waals surface area contributed by atoms with Crippen LogP contribution in [-0.2, 0) is 9.59 Å². The van der Waals surface area contributed by atoms with Crippen LogP contribution in [0.5, 0.6) is 5.75 Å².